The van der Waals surface area contributed by atoms with Crippen molar-refractivity contribution in [2.75, 3.05) is 12.1 Å². The highest BCUT2D eigenvalue weighted by Gasteiger charge is 2.45. The van der Waals surface area contributed by atoms with Gasteiger partial charge in [-0.05, 0) is 35.5 Å². The number of para-hydroxylation sites is 1. The number of ether oxygens (including phenoxy) is 1. The van der Waals surface area contributed by atoms with E-state index >= 15 is 0 Å². The van der Waals surface area contributed by atoms with Crippen LogP contribution in [0.2, 0.25) is 5.28 Å². The van der Waals surface area contributed by atoms with Crippen LogP contribution in [0, 0.1) is 0 Å². The summed E-state index contributed by atoms with van der Waals surface area (Å²) in [5.41, 5.74) is 1.45. The standard InChI is InChI=1S/C20H22ClN5O8P2/c21-20-23-17(25-7-5-11-3-1-2-4-12(11)25)14-18(24-20)26(9-22-14)19-16(28)15(27)13(34-19)6-8-35(29,30)10-36(31,32)33/h1-5,7,9,13,15-16,19,27-28H,6,8,10H2,(H,29,30)(H2,31,32,33)/t13-,15+,16?,19-/m1/s1. The summed E-state index contributed by atoms with van der Waals surface area (Å²) in [6.07, 6.45) is -2.68. The van der Waals surface area contributed by atoms with Crippen molar-refractivity contribution >= 4 is 48.6 Å². The molecule has 5 rings (SSSR count). The molecule has 1 aromatic carbocycles. The minimum atomic E-state index is -4.71. The lowest BCUT2D eigenvalue weighted by molar-refractivity contribution is -0.0354. The van der Waals surface area contributed by atoms with Gasteiger partial charge in [-0.1, -0.05) is 18.2 Å². The van der Waals surface area contributed by atoms with Crippen LogP contribution in [0.3, 0.4) is 0 Å². The highest BCUT2D eigenvalue weighted by Crippen LogP contribution is 2.55. The highest BCUT2D eigenvalue weighted by atomic mass is 35.5. The molecule has 0 bridgehead atoms. The summed E-state index contributed by atoms with van der Waals surface area (Å²) in [7, 11) is -8.90. The Bertz CT molecular complexity index is 1540. The van der Waals surface area contributed by atoms with Gasteiger partial charge in [0.25, 0.3) is 0 Å². The average molecular weight is 558 g/mol. The number of hydrogen-bond donors (Lipinski definition) is 5. The first-order valence-electron chi connectivity index (χ1n) is 10.8. The van der Waals surface area contributed by atoms with Gasteiger partial charge in [0.1, 0.15) is 18.1 Å². The van der Waals surface area contributed by atoms with Crippen LogP contribution in [-0.4, -0.2) is 79.4 Å². The second-order valence-corrected chi connectivity index (χ2v) is 13.5. The quantitative estimate of drug-likeness (QED) is 0.164. The summed E-state index contributed by atoms with van der Waals surface area (Å²) in [5, 5.41) is 22.1. The van der Waals surface area contributed by atoms with Crippen LogP contribution in [0.4, 0.5) is 0 Å². The number of nitrogens with zero attached hydrogens (tertiary/aromatic N) is 5. The normalized spacial score (nSPS) is 24.5. The van der Waals surface area contributed by atoms with Gasteiger partial charge >= 0.3 is 7.60 Å². The first-order chi connectivity index (χ1) is 16.9. The van der Waals surface area contributed by atoms with Gasteiger partial charge in [-0.15, -0.1) is 0 Å². The number of aliphatic hydroxyl groups excluding tert-OH is 2. The Morgan fingerprint density at radius 2 is 1.81 bits per heavy atom. The zero-order valence-electron chi connectivity index (χ0n) is 18.4. The first-order valence-corrected chi connectivity index (χ1v) is 15.0. The Kier molecular flexibility index (Phi) is 6.57. The van der Waals surface area contributed by atoms with Crippen molar-refractivity contribution in [1.82, 2.24) is 24.1 Å². The van der Waals surface area contributed by atoms with Crippen LogP contribution in [-0.2, 0) is 13.9 Å². The van der Waals surface area contributed by atoms with E-state index in [1.54, 1.807) is 4.57 Å². The fourth-order valence-electron chi connectivity index (χ4n) is 4.38. The molecule has 0 amide bonds. The van der Waals surface area contributed by atoms with E-state index in [2.05, 4.69) is 15.0 Å². The van der Waals surface area contributed by atoms with Crippen molar-refractivity contribution in [1.29, 1.82) is 0 Å². The zero-order chi connectivity index (χ0) is 25.8. The summed E-state index contributed by atoms with van der Waals surface area (Å²) < 4.78 is 32.2. The van der Waals surface area contributed by atoms with Gasteiger partial charge in [0.05, 0.1) is 17.9 Å². The molecule has 192 valence electrons. The molecule has 16 heteroatoms. The highest BCUT2D eigenvalue weighted by molar-refractivity contribution is 7.72. The molecule has 0 radical (unpaired) electrons. The number of benzene rings is 1. The van der Waals surface area contributed by atoms with Crippen molar-refractivity contribution < 1.29 is 38.8 Å². The molecule has 0 aliphatic carbocycles. The Morgan fingerprint density at radius 1 is 1.06 bits per heavy atom. The third kappa shape index (κ3) is 4.87. The van der Waals surface area contributed by atoms with Crippen molar-refractivity contribution in [3.8, 4) is 5.82 Å². The number of aromatic nitrogens is 5. The van der Waals surface area contributed by atoms with Gasteiger partial charge in [0.15, 0.2) is 23.2 Å². The molecule has 13 nitrogen and oxygen atoms in total. The maximum Gasteiger partial charge on any atom is 0.335 e. The summed E-state index contributed by atoms with van der Waals surface area (Å²) >= 11 is 6.22. The fourth-order valence-corrected chi connectivity index (χ4v) is 8.07. The molecule has 1 fully saturated rings. The monoisotopic (exact) mass is 557 g/mol. The lowest BCUT2D eigenvalue weighted by Crippen LogP contribution is -2.32. The molecule has 1 aliphatic heterocycles. The van der Waals surface area contributed by atoms with Crippen LogP contribution in [0.25, 0.3) is 27.9 Å². The van der Waals surface area contributed by atoms with Crippen molar-refractivity contribution in [2.24, 2.45) is 0 Å². The lowest BCUT2D eigenvalue weighted by Gasteiger charge is -2.18. The largest absolute Gasteiger partial charge is 0.388 e. The summed E-state index contributed by atoms with van der Waals surface area (Å²) in [6.45, 7) is 0. The third-order valence-corrected chi connectivity index (χ3v) is 10.4. The number of imidazole rings is 1. The summed E-state index contributed by atoms with van der Waals surface area (Å²) in [4.78, 5) is 40.9. The van der Waals surface area contributed by atoms with E-state index in [4.69, 9.17) is 26.1 Å². The predicted octanol–water partition coefficient (Wildman–Crippen LogP) is 1.84. The van der Waals surface area contributed by atoms with Gasteiger partial charge in [-0.3, -0.25) is 18.3 Å². The number of fused-ring (bicyclic) bond motifs is 2. The predicted molar refractivity (Wildman–Crippen MR) is 129 cm³/mol. The van der Waals surface area contributed by atoms with Crippen LogP contribution in [0.5, 0.6) is 0 Å². The summed E-state index contributed by atoms with van der Waals surface area (Å²) in [5.74, 6) is -0.777. The molecule has 5 N–H and O–H groups in total. The summed E-state index contributed by atoms with van der Waals surface area (Å²) in [6, 6.07) is 9.55. The van der Waals surface area contributed by atoms with E-state index in [1.807, 2.05) is 36.5 Å². The molecule has 0 spiro atoms. The van der Waals surface area contributed by atoms with E-state index < -0.39 is 51.6 Å². The van der Waals surface area contributed by atoms with E-state index in [0.717, 1.165) is 10.9 Å². The molecule has 36 heavy (non-hydrogen) atoms. The lowest BCUT2D eigenvalue weighted by atomic mass is 10.1. The Balaban J connectivity index is 1.45. The SMILES string of the molecule is O=P(O)(O)CP(=O)(O)CC[C@H]1O[C@@H](n2cnc3c(-n4ccc5ccccc54)nc(Cl)nc32)C(O)[C@H]1O. The minimum Gasteiger partial charge on any atom is -0.388 e. The van der Waals surface area contributed by atoms with Gasteiger partial charge in [0.2, 0.25) is 12.7 Å². The molecule has 0 saturated carbocycles. The average Bonchev–Trinajstić information content (AvgIpc) is 3.47. The van der Waals surface area contributed by atoms with Gasteiger partial charge in [0, 0.05) is 12.4 Å². The Hall–Kier alpha value is -2.18. The molecular weight excluding hydrogens is 536 g/mol. The Morgan fingerprint density at radius 3 is 2.56 bits per heavy atom. The molecule has 2 unspecified atom stereocenters. The number of rotatable bonds is 7. The van der Waals surface area contributed by atoms with Gasteiger partial charge in [-0.2, -0.15) is 9.97 Å². The van der Waals surface area contributed by atoms with Gasteiger partial charge in [-0.25, -0.2) is 4.98 Å². The second-order valence-electron chi connectivity index (χ2n) is 8.60. The minimum absolute atomic E-state index is 0.0831. The third-order valence-electron chi connectivity index (χ3n) is 5.98. The maximum atomic E-state index is 12.2. The van der Waals surface area contributed by atoms with Crippen LogP contribution in [0.1, 0.15) is 12.6 Å². The van der Waals surface area contributed by atoms with Crippen molar-refractivity contribution in [3.05, 3.63) is 48.1 Å². The maximum absolute atomic E-state index is 12.2. The molecule has 1 saturated heterocycles. The number of aliphatic hydroxyl groups is 2. The van der Waals surface area contributed by atoms with E-state index in [1.165, 1.54) is 10.9 Å². The van der Waals surface area contributed by atoms with Crippen molar-refractivity contribution in [2.45, 2.75) is 31.0 Å². The van der Waals surface area contributed by atoms with E-state index in [0.29, 0.717) is 11.3 Å². The molecular formula is C20H22ClN5O8P2. The van der Waals surface area contributed by atoms with Crippen LogP contribution < -0.4 is 0 Å². The van der Waals surface area contributed by atoms with Gasteiger partial charge < -0.3 is 29.6 Å². The zero-order valence-corrected chi connectivity index (χ0v) is 21.0. The number of hydrogen-bond acceptors (Lipinski definition) is 8. The topological polar surface area (TPSA) is 193 Å². The number of halogens is 1. The smallest absolute Gasteiger partial charge is 0.335 e. The molecule has 5 atom stereocenters. The molecule has 1 aliphatic rings. The fraction of sp³-hybridized carbons (Fsp3) is 0.350. The van der Waals surface area contributed by atoms with Crippen LogP contribution in [0.15, 0.2) is 42.9 Å². The molecule has 3 aromatic heterocycles. The molecule has 4 aromatic rings. The molecule has 4 heterocycles. The van der Waals surface area contributed by atoms with Crippen molar-refractivity contribution in [3.63, 3.8) is 0 Å². The Labute approximate surface area is 208 Å². The van der Waals surface area contributed by atoms with Crippen LogP contribution >= 0.6 is 26.6 Å². The second kappa shape index (κ2) is 9.29. The van der Waals surface area contributed by atoms with E-state index in [-0.39, 0.29) is 17.4 Å². The van der Waals surface area contributed by atoms with E-state index in [9.17, 15) is 24.2 Å². The first kappa shape index (κ1) is 25.5.